The second-order valence-corrected chi connectivity index (χ2v) is 5.22. The summed E-state index contributed by atoms with van der Waals surface area (Å²) in [6.45, 7) is 0. The maximum absolute atomic E-state index is 13.0. The minimum atomic E-state index is -0.962. The van der Waals surface area contributed by atoms with Crippen molar-refractivity contribution in [3.05, 3.63) is 69.2 Å². The molecular weight excluding hydrogens is 305 g/mol. The Morgan fingerprint density at radius 3 is 2.40 bits per heavy atom. The number of hydrogen-bond donors (Lipinski definition) is 0. The number of rotatable bonds is 4. The van der Waals surface area contributed by atoms with E-state index in [1.807, 2.05) is 0 Å². The van der Waals surface area contributed by atoms with Crippen LogP contribution in [0.3, 0.4) is 0 Å². The molecular formula is C15H10Cl2F2O. The van der Waals surface area contributed by atoms with Crippen molar-refractivity contribution >= 4 is 29.0 Å². The van der Waals surface area contributed by atoms with Gasteiger partial charge in [0.15, 0.2) is 11.6 Å². The number of halogens is 4. The molecule has 0 amide bonds. The Labute approximate surface area is 125 Å². The molecule has 0 spiro atoms. The zero-order valence-electron chi connectivity index (χ0n) is 10.3. The number of hydrogen-bond acceptors (Lipinski definition) is 1. The zero-order chi connectivity index (χ0) is 14.7. The fraction of sp³-hybridized carbons (Fsp3) is 0.133. The van der Waals surface area contributed by atoms with Crippen LogP contribution in [0.5, 0.6) is 0 Å². The Hall–Kier alpha value is -1.45. The summed E-state index contributed by atoms with van der Waals surface area (Å²) in [5.74, 6) is -2.05. The molecule has 0 radical (unpaired) electrons. The number of carbonyl (C=O) groups is 1. The summed E-state index contributed by atoms with van der Waals surface area (Å²) in [5.41, 5.74) is 1.04. The molecule has 0 unspecified atom stereocenters. The van der Waals surface area contributed by atoms with Gasteiger partial charge in [-0.25, -0.2) is 8.78 Å². The minimum absolute atomic E-state index is 0.0139. The van der Waals surface area contributed by atoms with Crippen LogP contribution in [0.2, 0.25) is 10.0 Å². The van der Waals surface area contributed by atoms with E-state index in [4.69, 9.17) is 23.2 Å². The first-order valence-electron chi connectivity index (χ1n) is 5.85. The molecule has 0 aromatic heterocycles. The Bertz CT molecular complexity index is 656. The normalized spacial score (nSPS) is 10.6. The van der Waals surface area contributed by atoms with Crippen LogP contribution in [0.25, 0.3) is 0 Å². The first kappa shape index (κ1) is 14.9. The quantitative estimate of drug-likeness (QED) is 0.804. The third kappa shape index (κ3) is 3.78. The number of Topliss-reactive ketones (excluding diaryl/α,β-unsaturated/α-hetero) is 1. The summed E-state index contributed by atoms with van der Waals surface area (Å²) in [5, 5.41) is 0.943. The van der Waals surface area contributed by atoms with Crippen molar-refractivity contribution < 1.29 is 13.6 Å². The van der Waals surface area contributed by atoms with Gasteiger partial charge in [-0.05, 0) is 41.5 Å². The molecule has 2 rings (SSSR count). The lowest BCUT2D eigenvalue weighted by Crippen LogP contribution is -2.07. The highest BCUT2D eigenvalue weighted by Gasteiger charge is 2.10. The van der Waals surface area contributed by atoms with Crippen molar-refractivity contribution in [3.63, 3.8) is 0 Å². The van der Waals surface area contributed by atoms with E-state index in [1.54, 1.807) is 18.2 Å². The molecule has 0 heterocycles. The first-order chi connectivity index (χ1) is 9.45. The number of benzene rings is 2. The van der Waals surface area contributed by atoms with Crippen molar-refractivity contribution in [1.29, 1.82) is 0 Å². The minimum Gasteiger partial charge on any atom is -0.299 e. The fourth-order valence-electron chi connectivity index (χ4n) is 1.83. The molecule has 5 heteroatoms. The third-order valence-corrected chi connectivity index (χ3v) is 3.38. The summed E-state index contributed by atoms with van der Waals surface area (Å²) >= 11 is 11.8. The van der Waals surface area contributed by atoms with E-state index >= 15 is 0 Å². The SMILES string of the molecule is O=C(Cc1ccc(F)c(F)c1)Cc1cc(Cl)ccc1Cl. The maximum atomic E-state index is 13.0. The van der Waals surface area contributed by atoms with Crippen LogP contribution < -0.4 is 0 Å². The van der Waals surface area contributed by atoms with Gasteiger partial charge >= 0.3 is 0 Å². The van der Waals surface area contributed by atoms with Crippen molar-refractivity contribution in [3.8, 4) is 0 Å². The number of ketones is 1. The van der Waals surface area contributed by atoms with E-state index in [-0.39, 0.29) is 18.6 Å². The van der Waals surface area contributed by atoms with Crippen LogP contribution in [0.1, 0.15) is 11.1 Å². The number of carbonyl (C=O) groups excluding carboxylic acids is 1. The van der Waals surface area contributed by atoms with Crippen LogP contribution in [0.15, 0.2) is 36.4 Å². The molecule has 2 aromatic rings. The van der Waals surface area contributed by atoms with Crippen molar-refractivity contribution in [2.75, 3.05) is 0 Å². The molecule has 0 fully saturated rings. The standard InChI is InChI=1S/C15H10Cl2F2O/c16-11-2-3-13(17)10(7-11)8-12(20)5-9-1-4-14(18)15(19)6-9/h1-4,6-7H,5,8H2. The Morgan fingerprint density at radius 2 is 1.70 bits per heavy atom. The van der Waals surface area contributed by atoms with Crippen LogP contribution in [0, 0.1) is 11.6 Å². The Kier molecular flexibility index (Phi) is 4.73. The molecule has 1 nitrogen and oxygen atoms in total. The fourth-order valence-corrected chi connectivity index (χ4v) is 2.21. The van der Waals surface area contributed by atoms with Gasteiger partial charge < -0.3 is 0 Å². The molecule has 20 heavy (non-hydrogen) atoms. The molecule has 0 aliphatic rings. The van der Waals surface area contributed by atoms with Gasteiger partial charge in [0.05, 0.1) is 0 Å². The molecule has 0 N–H and O–H groups in total. The van der Waals surface area contributed by atoms with Crippen molar-refractivity contribution in [1.82, 2.24) is 0 Å². The summed E-state index contributed by atoms with van der Waals surface area (Å²) in [7, 11) is 0. The third-order valence-electron chi connectivity index (χ3n) is 2.78. The summed E-state index contributed by atoms with van der Waals surface area (Å²) in [4.78, 5) is 11.9. The summed E-state index contributed by atoms with van der Waals surface area (Å²) in [6.07, 6.45) is 0.110. The van der Waals surface area contributed by atoms with Crippen LogP contribution in [-0.4, -0.2) is 5.78 Å². The van der Waals surface area contributed by atoms with Gasteiger partial charge in [-0.15, -0.1) is 0 Å². The van der Waals surface area contributed by atoms with E-state index in [1.165, 1.54) is 6.07 Å². The van der Waals surface area contributed by atoms with Crippen molar-refractivity contribution in [2.24, 2.45) is 0 Å². The molecule has 104 valence electrons. The van der Waals surface area contributed by atoms with E-state index < -0.39 is 11.6 Å². The van der Waals surface area contributed by atoms with E-state index in [0.29, 0.717) is 21.2 Å². The monoisotopic (exact) mass is 314 g/mol. The topological polar surface area (TPSA) is 17.1 Å². The van der Waals surface area contributed by atoms with Gasteiger partial charge in [-0.1, -0.05) is 29.3 Å². The van der Waals surface area contributed by atoms with Gasteiger partial charge in [0, 0.05) is 22.9 Å². The second kappa shape index (κ2) is 6.33. The molecule has 0 saturated carbocycles. The van der Waals surface area contributed by atoms with Gasteiger partial charge in [0.1, 0.15) is 5.78 Å². The highest BCUT2D eigenvalue weighted by molar-refractivity contribution is 6.33. The maximum Gasteiger partial charge on any atom is 0.159 e. The molecule has 0 atom stereocenters. The second-order valence-electron chi connectivity index (χ2n) is 4.38. The largest absolute Gasteiger partial charge is 0.299 e. The predicted molar refractivity (Wildman–Crippen MR) is 75.2 cm³/mol. The smallest absolute Gasteiger partial charge is 0.159 e. The predicted octanol–water partition coefficient (Wildman–Crippen LogP) is 4.63. The lowest BCUT2D eigenvalue weighted by atomic mass is 10.0. The van der Waals surface area contributed by atoms with Gasteiger partial charge in [0.2, 0.25) is 0 Å². The highest BCUT2D eigenvalue weighted by Crippen LogP contribution is 2.21. The van der Waals surface area contributed by atoms with Crippen LogP contribution in [0.4, 0.5) is 8.78 Å². The molecule has 2 aromatic carbocycles. The Balaban J connectivity index is 2.09. The average Bonchev–Trinajstić information content (AvgIpc) is 2.38. The van der Waals surface area contributed by atoms with Crippen LogP contribution >= 0.6 is 23.2 Å². The lowest BCUT2D eigenvalue weighted by molar-refractivity contribution is -0.117. The molecule has 0 aliphatic carbocycles. The summed E-state index contributed by atoms with van der Waals surface area (Å²) < 4.78 is 25.8. The van der Waals surface area contributed by atoms with Gasteiger partial charge in [0.25, 0.3) is 0 Å². The molecule has 0 bridgehead atoms. The zero-order valence-corrected chi connectivity index (χ0v) is 11.8. The van der Waals surface area contributed by atoms with E-state index in [0.717, 1.165) is 12.1 Å². The highest BCUT2D eigenvalue weighted by atomic mass is 35.5. The summed E-state index contributed by atoms with van der Waals surface area (Å²) in [6, 6.07) is 8.28. The van der Waals surface area contributed by atoms with Crippen LogP contribution in [-0.2, 0) is 17.6 Å². The van der Waals surface area contributed by atoms with Crippen molar-refractivity contribution in [2.45, 2.75) is 12.8 Å². The molecule has 0 saturated heterocycles. The van der Waals surface area contributed by atoms with E-state index in [2.05, 4.69) is 0 Å². The first-order valence-corrected chi connectivity index (χ1v) is 6.61. The van der Waals surface area contributed by atoms with E-state index in [9.17, 15) is 13.6 Å². The van der Waals surface area contributed by atoms with Gasteiger partial charge in [-0.3, -0.25) is 4.79 Å². The average molecular weight is 315 g/mol. The van der Waals surface area contributed by atoms with Gasteiger partial charge in [-0.2, -0.15) is 0 Å². The molecule has 0 aliphatic heterocycles. The lowest BCUT2D eigenvalue weighted by Gasteiger charge is -2.05. The Morgan fingerprint density at radius 1 is 0.950 bits per heavy atom.